The number of rotatable bonds is 2. The second-order valence-corrected chi connectivity index (χ2v) is 6.61. The SMILES string of the molecule is COc1ccc(C(=O)N2c3ccccc3Sc3ccccc32)cc1F. The minimum Gasteiger partial charge on any atom is -0.494 e. The minimum atomic E-state index is -0.554. The number of halogens is 1. The Hall–Kier alpha value is -2.79. The molecule has 3 aromatic carbocycles. The number of hydrogen-bond acceptors (Lipinski definition) is 3. The molecule has 0 radical (unpaired) electrons. The average Bonchev–Trinajstić information content (AvgIpc) is 2.65. The summed E-state index contributed by atoms with van der Waals surface area (Å²) < 4.78 is 19.0. The van der Waals surface area contributed by atoms with Crippen molar-refractivity contribution < 1.29 is 13.9 Å². The van der Waals surface area contributed by atoms with E-state index in [4.69, 9.17) is 4.74 Å². The molecule has 124 valence electrons. The summed E-state index contributed by atoms with van der Waals surface area (Å²) in [6, 6.07) is 19.7. The van der Waals surface area contributed by atoms with Crippen LogP contribution < -0.4 is 9.64 Å². The van der Waals surface area contributed by atoms with E-state index in [-0.39, 0.29) is 17.2 Å². The molecule has 0 saturated heterocycles. The summed E-state index contributed by atoms with van der Waals surface area (Å²) >= 11 is 1.62. The lowest BCUT2D eigenvalue weighted by Crippen LogP contribution is -2.28. The van der Waals surface area contributed by atoms with Gasteiger partial charge in [0.05, 0.1) is 18.5 Å². The van der Waals surface area contributed by atoms with Crippen LogP contribution in [0.1, 0.15) is 10.4 Å². The predicted molar refractivity (Wildman–Crippen MR) is 96.4 cm³/mol. The molecule has 1 heterocycles. The fourth-order valence-corrected chi connectivity index (χ4v) is 3.91. The summed E-state index contributed by atoms with van der Waals surface area (Å²) in [6.07, 6.45) is 0. The van der Waals surface area contributed by atoms with Gasteiger partial charge in [0.25, 0.3) is 5.91 Å². The third-order valence-electron chi connectivity index (χ3n) is 4.03. The zero-order valence-corrected chi connectivity index (χ0v) is 14.2. The Kier molecular flexibility index (Phi) is 3.93. The summed E-state index contributed by atoms with van der Waals surface area (Å²) in [6.45, 7) is 0. The smallest absolute Gasteiger partial charge is 0.263 e. The van der Waals surface area contributed by atoms with Crippen molar-refractivity contribution in [3.63, 3.8) is 0 Å². The van der Waals surface area contributed by atoms with Crippen LogP contribution in [0.15, 0.2) is 76.5 Å². The molecule has 25 heavy (non-hydrogen) atoms. The van der Waals surface area contributed by atoms with Gasteiger partial charge in [0, 0.05) is 15.4 Å². The fraction of sp³-hybridized carbons (Fsp3) is 0.0500. The monoisotopic (exact) mass is 351 g/mol. The van der Waals surface area contributed by atoms with E-state index in [1.807, 2.05) is 48.5 Å². The highest BCUT2D eigenvalue weighted by Gasteiger charge is 2.29. The molecule has 0 atom stereocenters. The number of nitrogens with zero attached hydrogens (tertiary/aromatic N) is 1. The first kappa shape index (κ1) is 15.7. The molecule has 0 saturated carbocycles. The number of carbonyl (C=O) groups is 1. The summed E-state index contributed by atoms with van der Waals surface area (Å²) in [5, 5.41) is 0. The van der Waals surface area contributed by atoms with E-state index in [9.17, 15) is 9.18 Å². The van der Waals surface area contributed by atoms with Crippen LogP contribution in [-0.4, -0.2) is 13.0 Å². The number of hydrogen-bond donors (Lipinski definition) is 0. The van der Waals surface area contributed by atoms with Crippen molar-refractivity contribution >= 4 is 29.0 Å². The standard InChI is InChI=1S/C20H14FNO2S/c1-24-17-11-10-13(12-14(17)21)20(23)22-15-6-2-4-8-18(15)25-19-9-5-3-7-16(19)22/h2-12H,1H3. The van der Waals surface area contributed by atoms with E-state index in [0.717, 1.165) is 21.2 Å². The van der Waals surface area contributed by atoms with E-state index in [2.05, 4.69) is 0 Å². The molecule has 0 fully saturated rings. The fourth-order valence-electron chi connectivity index (χ4n) is 2.85. The Balaban J connectivity index is 1.84. The number of carbonyl (C=O) groups excluding carboxylic acids is 1. The molecule has 1 aliphatic rings. The molecule has 0 N–H and O–H groups in total. The van der Waals surface area contributed by atoms with Crippen molar-refractivity contribution in [2.75, 3.05) is 12.0 Å². The largest absolute Gasteiger partial charge is 0.494 e. The van der Waals surface area contributed by atoms with Crippen molar-refractivity contribution in [2.45, 2.75) is 9.79 Å². The van der Waals surface area contributed by atoms with Gasteiger partial charge in [0.1, 0.15) is 0 Å². The summed E-state index contributed by atoms with van der Waals surface area (Å²) in [7, 11) is 1.40. The topological polar surface area (TPSA) is 29.5 Å². The van der Waals surface area contributed by atoms with Gasteiger partial charge in [0.15, 0.2) is 11.6 Å². The second-order valence-electron chi connectivity index (χ2n) is 5.53. The number of fused-ring (bicyclic) bond motifs is 2. The Morgan fingerprint density at radius 3 is 2.12 bits per heavy atom. The van der Waals surface area contributed by atoms with Crippen LogP contribution in [0.3, 0.4) is 0 Å². The number of ether oxygens (including phenoxy) is 1. The van der Waals surface area contributed by atoms with Gasteiger partial charge < -0.3 is 4.74 Å². The second kappa shape index (κ2) is 6.26. The highest BCUT2D eigenvalue weighted by atomic mass is 32.2. The van der Waals surface area contributed by atoms with Crippen molar-refractivity contribution in [1.29, 1.82) is 0 Å². The molecule has 0 spiro atoms. The van der Waals surface area contributed by atoms with Gasteiger partial charge in [-0.2, -0.15) is 0 Å². The molecule has 1 aliphatic heterocycles. The van der Waals surface area contributed by atoms with Crippen molar-refractivity contribution in [3.8, 4) is 5.75 Å². The van der Waals surface area contributed by atoms with Crippen molar-refractivity contribution in [1.82, 2.24) is 0 Å². The first-order chi connectivity index (χ1) is 12.2. The van der Waals surface area contributed by atoms with Crippen LogP contribution in [0.2, 0.25) is 0 Å². The predicted octanol–water partition coefficient (Wildman–Crippen LogP) is 5.28. The quantitative estimate of drug-likeness (QED) is 0.629. The van der Waals surface area contributed by atoms with Gasteiger partial charge in [-0.3, -0.25) is 9.69 Å². The highest BCUT2D eigenvalue weighted by Crippen LogP contribution is 2.48. The van der Waals surface area contributed by atoms with Gasteiger partial charge in [-0.25, -0.2) is 4.39 Å². The van der Waals surface area contributed by atoms with Gasteiger partial charge in [0.2, 0.25) is 0 Å². The third-order valence-corrected chi connectivity index (χ3v) is 5.16. The molecule has 0 aromatic heterocycles. The van der Waals surface area contributed by atoms with Crippen LogP contribution in [-0.2, 0) is 0 Å². The Morgan fingerprint density at radius 1 is 0.960 bits per heavy atom. The van der Waals surface area contributed by atoms with Crippen LogP contribution in [0.5, 0.6) is 5.75 Å². The van der Waals surface area contributed by atoms with Crippen LogP contribution >= 0.6 is 11.8 Å². The highest BCUT2D eigenvalue weighted by molar-refractivity contribution is 7.99. The van der Waals surface area contributed by atoms with Gasteiger partial charge >= 0.3 is 0 Å². The minimum absolute atomic E-state index is 0.117. The number of methoxy groups -OCH3 is 1. The van der Waals surface area contributed by atoms with Crippen LogP contribution in [0.4, 0.5) is 15.8 Å². The van der Waals surface area contributed by atoms with E-state index in [0.29, 0.717) is 0 Å². The molecular weight excluding hydrogens is 337 g/mol. The molecule has 0 bridgehead atoms. The summed E-state index contributed by atoms with van der Waals surface area (Å²) in [4.78, 5) is 16.8. The summed E-state index contributed by atoms with van der Waals surface area (Å²) in [5.74, 6) is -0.713. The zero-order valence-electron chi connectivity index (χ0n) is 13.4. The molecule has 4 rings (SSSR count). The first-order valence-electron chi connectivity index (χ1n) is 7.73. The molecule has 3 nitrogen and oxygen atoms in total. The van der Waals surface area contributed by atoms with Gasteiger partial charge in [-0.15, -0.1) is 0 Å². The van der Waals surface area contributed by atoms with Crippen LogP contribution in [0, 0.1) is 5.82 Å². The number of anilines is 2. The molecule has 3 aromatic rings. The van der Waals surface area contributed by atoms with E-state index in [1.165, 1.54) is 19.2 Å². The lowest BCUT2D eigenvalue weighted by atomic mass is 10.1. The molecule has 5 heteroatoms. The number of amides is 1. The first-order valence-corrected chi connectivity index (χ1v) is 8.54. The molecular formula is C20H14FNO2S. The van der Waals surface area contributed by atoms with Crippen molar-refractivity contribution in [2.24, 2.45) is 0 Å². The maximum atomic E-state index is 14.1. The Morgan fingerprint density at radius 2 is 1.56 bits per heavy atom. The maximum Gasteiger partial charge on any atom is 0.263 e. The van der Waals surface area contributed by atoms with Gasteiger partial charge in [-0.1, -0.05) is 36.0 Å². The van der Waals surface area contributed by atoms with E-state index < -0.39 is 5.82 Å². The average molecular weight is 351 g/mol. The molecule has 0 aliphatic carbocycles. The van der Waals surface area contributed by atoms with E-state index in [1.54, 1.807) is 22.7 Å². The maximum absolute atomic E-state index is 14.1. The number of para-hydroxylation sites is 2. The lowest BCUT2D eigenvalue weighted by molar-refractivity contribution is 0.0998. The lowest BCUT2D eigenvalue weighted by Gasteiger charge is -2.31. The van der Waals surface area contributed by atoms with Crippen molar-refractivity contribution in [3.05, 3.63) is 78.1 Å². The normalized spacial score (nSPS) is 12.3. The van der Waals surface area contributed by atoms with E-state index >= 15 is 0 Å². The Labute approximate surface area is 149 Å². The zero-order chi connectivity index (χ0) is 17.4. The molecule has 1 amide bonds. The van der Waals surface area contributed by atoms with Gasteiger partial charge in [-0.05, 0) is 42.5 Å². The van der Waals surface area contributed by atoms with Crippen LogP contribution in [0.25, 0.3) is 0 Å². The summed E-state index contributed by atoms with van der Waals surface area (Å²) in [5.41, 5.74) is 1.87. The number of benzene rings is 3. The Bertz CT molecular complexity index is 928. The third kappa shape index (κ3) is 2.66. The molecule has 0 unspecified atom stereocenters.